The Bertz CT molecular complexity index is 514. The predicted octanol–water partition coefficient (Wildman–Crippen LogP) is 4.22. The molecule has 0 aliphatic heterocycles. The molecule has 0 atom stereocenters. The second-order valence-corrected chi connectivity index (χ2v) is 6.24. The first-order valence-corrected chi connectivity index (χ1v) is 7.37. The zero-order valence-corrected chi connectivity index (χ0v) is 12.8. The van der Waals surface area contributed by atoms with Gasteiger partial charge in [-0.2, -0.15) is 0 Å². The highest BCUT2D eigenvalue weighted by Crippen LogP contribution is 2.30. The van der Waals surface area contributed by atoms with Crippen LogP contribution in [0.15, 0.2) is 55.4 Å². The number of benzene rings is 1. The van der Waals surface area contributed by atoms with Crippen molar-refractivity contribution in [2.24, 2.45) is 5.73 Å². The largest absolute Gasteiger partial charge is 0.326 e. The van der Waals surface area contributed by atoms with Crippen LogP contribution in [0.3, 0.4) is 0 Å². The quantitative estimate of drug-likeness (QED) is 0.875. The monoisotopic (exact) mass is 372 g/mol. The zero-order valence-electron chi connectivity index (χ0n) is 8.86. The van der Waals surface area contributed by atoms with Crippen LogP contribution in [0.4, 0.5) is 0 Å². The van der Waals surface area contributed by atoms with Crippen LogP contribution in [0.2, 0.25) is 0 Å². The standard InChI is InChI=1S/C12H10Br2N2S/c13-9-2-4-12(16-7-9)17-10-3-1-8(6-15)11(14)5-10/h1-5,7H,6,15H2. The summed E-state index contributed by atoms with van der Waals surface area (Å²) in [5, 5.41) is 0.973. The summed E-state index contributed by atoms with van der Waals surface area (Å²) >= 11 is 8.51. The van der Waals surface area contributed by atoms with Crippen molar-refractivity contribution in [3.8, 4) is 0 Å². The lowest BCUT2D eigenvalue weighted by Crippen LogP contribution is -1.96. The van der Waals surface area contributed by atoms with Gasteiger partial charge in [0.2, 0.25) is 0 Å². The smallest absolute Gasteiger partial charge is 0.101 e. The van der Waals surface area contributed by atoms with Crippen LogP contribution in [0.5, 0.6) is 0 Å². The number of rotatable bonds is 3. The van der Waals surface area contributed by atoms with E-state index >= 15 is 0 Å². The Labute approximate surface area is 121 Å². The molecule has 2 N–H and O–H groups in total. The molecule has 2 rings (SSSR count). The van der Waals surface area contributed by atoms with Gasteiger partial charge in [0.1, 0.15) is 5.03 Å². The first-order chi connectivity index (χ1) is 8.19. The molecule has 2 aromatic rings. The van der Waals surface area contributed by atoms with Gasteiger partial charge in [0.25, 0.3) is 0 Å². The molecule has 0 unspecified atom stereocenters. The highest BCUT2D eigenvalue weighted by molar-refractivity contribution is 9.10. The maximum atomic E-state index is 5.62. The van der Waals surface area contributed by atoms with E-state index < -0.39 is 0 Å². The lowest BCUT2D eigenvalue weighted by atomic mass is 10.2. The highest BCUT2D eigenvalue weighted by Gasteiger charge is 2.02. The molecular formula is C12H10Br2N2S. The third-order valence-corrected chi connectivity index (χ3v) is 4.31. The Kier molecular flexibility index (Phi) is 4.62. The van der Waals surface area contributed by atoms with Crippen molar-refractivity contribution >= 4 is 43.6 Å². The number of aromatic nitrogens is 1. The molecule has 0 saturated carbocycles. The average Bonchev–Trinajstić information content (AvgIpc) is 2.32. The van der Waals surface area contributed by atoms with Crippen molar-refractivity contribution in [2.45, 2.75) is 16.5 Å². The van der Waals surface area contributed by atoms with E-state index in [0.29, 0.717) is 6.54 Å². The molecule has 0 amide bonds. The molecule has 5 heteroatoms. The third kappa shape index (κ3) is 3.55. The van der Waals surface area contributed by atoms with E-state index in [-0.39, 0.29) is 0 Å². The van der Waals surface area contributed by atoms with Crippen molar-refractivity contribution < 1.29 is 0 Å². The van der Waals surface area contributed by atoms with Crippen LogP contribution in [0.1, 0.15) is 5.56 Å². The van der Waals surface area contributed by atoms with Crippen LogP contribution in [0.25, 0.3) is 0 Å². The van der Waals surface area contributed by atoms with E-state index in [1.807, 2.05) is 18.2 Å². The Morgan fingerprint density at radius 3 is 2.59 bits per heavy atom. The number of pyridine rings is 1. The van der Waals surface area contributed by atoms with Gasteiger partial charge in [-0.25, -0.2) is 4.98 Å². The minimum absolute atomic E-state index is 0.544. The Morgan fingerprint density at radius 2 is 2.00 bits per heavy atom. The summed E-state index contributed by atoms with van der Waals surface area (Å²) in [5.41, 5.74) is 6.72. The van der Waals surface area contributed by atoms with Gasteiger partial charge in [0, 0.05) is 26.6 Å². The first-order valence-electron chi connectivity index (χ1n) is 4.97. The Balaban J connectivity index is 2.19. The van der Waals surface area contributed by atoms with E-state index in [2.05, 4.69) is 49.0 Å². The van der Waals surface area contributed by atoms with Crippen molar-refractivity contribution in [2.75, 3.05) is 0 Å². The van der Waals surface area contributed by atoms with E-state index in [1.54, 1.807) is 18.0 Å². The van der Waals surface area contributed by atoms with Crippen LogP contribution in [0, 0.1) is 0 Å². The minimum atomic E-state index is 0.544. The maximum Gasteiger partial charge on any atom is 0.101 e. The number of hydrogen-bond acceptors (Lipinski definition) is 3. The van der Waals surface area contributed by atoms with Crippen molar-refractivity contribution in [1.29, 1.82) is 0 Å². The van der Waals surface area contributed by atoms with Crippen molar-refractivity contribution in [1.82, 2.24) is 4.98 Å². The topological polar surface area (TPSA) is 38.9 Å². The summed E-state index contributed by atoms with van der Waals surface area (Å²) in [6.45, 7) is 0.544. The fourth-order valence-electron chi connectivity index (χ4n) is 1.30. The maximum absolute atomic E-state index is 5.62. The molecule has 0 aliphatic carbocycles. The highest BCUT2D eigenvalue weighted by atomic mass is 79.9. The molecule has 88 valence electrons. The van der Waals surface area contributed by atoms with Gasteiger partial charge in [-0.05, 0) is 45.8 Å². The summed E-state index contributed by atoms with van der Waals surface area (Å²) in [6.07, 6.45) is 1.80. The summed E-state index contributed by atoms with van der Waals surface area (Å²) in [6, 6.07) is 10.1. The van der Waals surface area contributed by atoms with E-state index in [4.69, 9.17) is 5.73 Å². The number of nitrogens with zero attached hydrogens (tertiary/aromatic N) is 1. The number of nitrogens with two attached hydrogens (primary N) is 1. The third-order valence-electron chi connectivity index (χ3n) is 2.17. The van der Waals surface area contributed by atoms with Crippen LogP contribution < -0.4 is 5.73 Å². The molecule has 1 heterocycles. The summed E-state index contributed by atoms with van der Waals surface area (Å²) in [4.78, 5) is 5.46. The number of hydrogen-bond donors (Lipinski definition) is 1. The van der Waals surface area contributed by atoms with Crippen LogP contribution in [-0.2, 0) is 6.54 Å². The second kappa shape index (κ2) is 6.00. The fourth-order valence-corrected chi connectivity index (χ4v) is 3.02. The van der Waals surface area contributed by atoms with Gasteiger partial charge >= 0.3 is 0 Å². The van der Waals surface area contributed by atoms with Crippen LogP contribution >= 0.6 is 43.6 Å². The average molecular weight is 374 g/mol. The molecule has 0 bridgehead atoms. The Morgan fingerprint density at radius 1 is 1.18 bits per heavy atom. The van der Waals surface area contributed by atoms with Gasteiger partial charge in [-0.3, -0.25) is 0 Å². The number of halogens is 2. The van der Waals surface area contributed by atoms with E-state index in [9.17, 15) is 0 Å². The normalized spacial score (nSPS) is 10.5. The fraction of sp³-hybridized carbons (Fsp3) is 0.0833. The van der Waals surface area contributed by atoms with Crippen molar-refractivity contribution in [3.05, 3.63) is 51.0 Å². The van der Waals surface area contributed by atoms with Crippen molar-refractivity contribution in [3.63, 3.8) is 0 Å². The zero-order chi connectivity index (χ0) is 12.3. The van der Waals surface area contributed by atoms with Gasteiger partial charge in [0.05, 0.1) is 0 Å². The Hall–Kier alpha value is -0.360. The lowest BCUT2D eigenvalue weighted by Gasteiger charge is -2.05. The molecule has 0 aliphatic rings. The minimum Gasteiger partial charge on any atom is -0.326 e. The first kappa shape index (κ1) is 13.1. The van der Waals surface area contributed by atoms with E-state index in [0.717, 1.165) is 24.4 Å². The summed E-state index contributed by atoms with van der Waals surface area (Å²) in [7, 11) is 0. The SMILES string of the molecule is NCc1ccc(Sc2ccc(Br)cn2)cc1Br. The molecular weight excluding hydrogens is 364 g/mol. The van der Waals surface area contributed by atoms with E-state index in [1.165, 1.54) is 0 Å². The second-order valence-electron chi connectivity index (χ2n) is 3.37. The molecule has 0 fully saturated rings. The summed E-state index contributed by atoms with van der Waals surface area (Å²) in [5.74, 6) is 0. The van der Waals surface area contributed by atoms with Gasteiger partial charge in [-0.15, -0.1) is 0 Å². The van der Waals surface area contributed by atoms with Gasteiger partial charge in [-0.1, -0.05) is 33.8 Å². The molecule has 0 saturated heterocycles. The molecule has 1 aromatic heterocycles. The summed E-state index contributed by atoms with van der Waals surface area (Å²) < 4.78 is 2.03. The molecule has 0 radical (unpaired) electrons. The van der Waals surface area contributed by atoms with Crippen LogP contribution in [-0.4, -0.2) is 4.98 Å². The molecule has 0 spiro atoms. The molecule has 1 aromatic carbocycles. The molecule has 17 heavy (non-hydrogen) atoms. The predicted molar refractivity (Wildman–Crippen MR) is 78.1 cm³/mol. The van der Waals surface area contributed by atoms with Gasteiger partial charge in [0.15, 0.2) is 0 Å². The molecule has 2 nitrogen and oxygen atoms in total. The lowest BCUT2D eigenvalue weighted by molar-refractivity contribution is 1.05. The van der Waals surface area contributed by atoms with Gasteiger partial charge < -0.3 is 5.73 Å².